The first-order chi connectivity index (χ1) is 13.0. The molecule has 0 fully saturated rings. The summed E-state index contributed by atoms with van der Waals surface area (Å²) in [5, 5.41) is 3.26. The Hall–Kier alpha value is -3.12. The van der Waals surface area contributed by atoms with E-state index in [4.69, 9.17) is 20.8 Å². The average molecular weight is 386 g/mol. The number of carbonyl (C=O) groups excluding carboxylic acids is 2. The van der Waals surface area contributed by atoms with Crippen LogP contribution in [0.3, 0.4) is 0 Å². The summed E-state index contributed by atoms with van der Waals surface area (Å²) in [7, 11) is 0. The quantitative estimate of drug-likeness (QED) is 0.675. The number of fused-ring (bicyclic) bond motifs is 1. The molecule has 0 bridgehead atoms. The SMILES string of the molecule is CCc1ccc(NC(=O)COC(=O)c2cc(=O)c3cc(Cl)ccc3o2)cc1. The van der Waals surface area contributed by atoms with Gasteiger partial charge in [-0.05, 0) is 42.3 Å². The third kappa shape index (κ3) is 4.54. The number of hydrogen-bond donors (Lipinski definition) is 1. The molecule has 0 unspecified atom stereocenters. The molecule has 3 rings (SSSR count). The van der Waals surface area contributed by atoms with Gasteiger partial charge in [0.25, 0.3) is 5.91 Å². The van der Waals surface area contributed by atoms with Crippen LogP contribution in [-0.2, 0) is 16.0 Å². The van der Waals surface area contributed by atoms with Gasteiger partial charge in [0.1, 0.15) is 5.58 Å². The van der Waals surface area contributed by atoms with Crippen molar-refractivity contribution in [1.82, 2.24) is 0 Å². The highest BCUT2D eigenvalue weighted by Crippen LogP contribution is 2.18. The second kappa shape index (κ2) is 8.05. The van der Waals surface area contributed by atoms with E-state index >= 15 is 0 Å². The van der Waals surface area contributed by atoms with E-state index in [2.05, 4.69) is 5.32 Å². The first-order valence-electron chi connectivity index (χ1n) is 8.25. The van der Waals surface area contributed by atoms with Crippen molar-refractivity contribution in [2.24, 2.45) is 0 Å². The van der Waals surface area contributed by atoms with Crippen molar-refractivity contribution >= 4 is 40.1 Å². The summed E-state index contributed by atoms with van der Waals surface area (Å²) < 4.78 is 10.3. The minimum absolute atomic E-state index is 0.208. The summed E-state index contributed by atoms with van der Waals surface area (Å²) in [4.78, 5) is 36.1. The molecular formula is C20H16ClNO5. The number of carbonyl (C=O) groups is 2. The molecule has 0 atom stereocenters. The summed E-state index contributed by atoms with van der Waals surface area (Å²) in [6.07, 6.45) is 0.898. The maximum Gasteiger partial charge on any atom is 0.374 e. The summed E-state index contributed by atoms with van der Waals surface area (Å²) in [5.41, 5.74) is 1.53. The lowest BCUT2D eigenvalue weighted by Gasteiger charge is -2.07. The van der Waals surface area contributed by atoms with Crippen molar-refractivity contribution in [2.75, 3.05) is 11.9 Å². The summed E-state index contributed by atoms with van der Waals surface area (Å²) in [6.45, 7) is 1.53. The van der Waals surface area contributed by atoms with Crippen molar-refractivity contribution in [3.8, 4) is 0 Å². The number of benzene rings is 2. The van der Waals surface area contributed by atoms with Crippen LogP contribution in [0.4, 0.5) is 5.69 Å². The van der Waals surface area contributed by atoms with E-state index in [1.54, 1.807) is 18.2 Å². The van der Waals surface area contributed by atoms with Gasteiger partial charge in [0.05, 0.1) is 5.39 Å². The molecule has 3 aromatic rings. The van der Waals surface area contributed by atoms with Gasteiger partial charge in [-0.3, -0.25) is 9.59 Å². The summed E-state index contributed by atoms with van der Waals surface area (Å²) >= 11 is 5.84. The van der Waals surface area contributed by atoms with E-state index in [0.29, 0.717) is 10.7 Å². The third-order valence-electron chi connectivity index (χ3n) is 3.87. The molecule has 7 heteroatoms. The van der Waals surface area contributed by atoms with Crippen molar-refractivity contribution in [2.45, 2.75) is 13.3 Å². The molecule has 1 aromatic heterocycles. The first-order valence-corrected chi connectivity index (χ1v) is 8.63. The van der Waals surface area contributed by atoms with Crippen molar-refractivity contribution in [3.05, 3.63) is 75.1 Å². The van der Waals surface area contributed by atoms with Gasteiger partial charge in [-0.1, -0.05) is 30.7 Å². The number of anilines is 1. The van der Waals surface area contributed by atoms with E-state index in [9.17, 15) is 14.4 Å². The number of esters is 1. The van der Waals surface area contributed by atoms with Gasteiger partial charge < -0.3 is 14.5 Å². The van der Waals surface area contributed by atoms with Gasteiger partial charge in [0, 0.05) is 16.8 Å². The molecule has 0 aliphatic rings. The third-order valence-corrected chi connectivity index (χ3v) is 4.11. The van der Waals surface area contributed by atoms with Gasteiger partial charge in [-0.25, -0.2) is 4.79 Å². The standard InChI is InChI=1S/C20H16ClNO5/c1-2-12-3-6-14(7-4-12)22-19(24)11-26-20(25)18-10-16(23)15-9-13(21)5-8-17(15)27-18/h3-10H,2,11H2,1H3,(H,22,24). The molecule has 27 heavy (non-hydrogen) atoms. The Balaban J connectivity index is 1.64. The zero-order valence-electron chi connectivity index (χ0n) is 14.5. The minimum Gasteiger partial charge on any atom is -0.450 e. The Labute approximate surface area is 159 Å². The van der Waals surface area contributed by atoms with Crippen molar-refractivity contribution in [1.29, 1.82) is 0 Å². The number of hydrogen-bond acceptors (Lipinski definition) is 5. The zero-order valence-corrected chi connectivity index (χ0v) is 15.2. The number of ether oxygens (including phenoxy) is 1. The molecule has 2 aromatic carbocycles. The number of aryl methyl sites for hydroxylation is 1. The molecule has 138 valence electrons. The second-order valence-electron chi connectivity index (χ2n) is 5.79. The summed E-state index contributed by atoms with van der Waals surface area (Å²) in [6, 6.07) is 12.8. The number of nitrogens with one attached hydrogen (secondary N) is 1. The molecule has 1 N–H and O–H groups in total. The van der Waals surface area contributed by atoms with E-state index in [1.807, 2.05) is 19.1 Å². The van der Waals surface area contributed by atoms with Crippen LogP contribution in [0.2, 0.25) is 5.02 Å². The smallest absolute Gasteiger partial charge is 0.374 e. The fourth-order valence-electron chi connectivity index (χ4n) is 2.45. The predicted molar refractivity (Wildman–Crippen MR) is 102 cm³/mol. The topological polar surface area (TPSA) is 85.6 Å². The molecule has 0 saturated heterocycles. The molecule has 0 spiro atoms. The fourth-order valence-corrected chi connectivity index (χ4v) is 2.62. The van der Waals surface area contributed by atoms with Crippen LogP contribution in [-0.4, -0.2) is 18.5 Å². The van der Waals surface area contributed by atoms with Gasteiger partial charge >= 0.3 is 5.97 Å². The lowest BCUT2D eigenvalue weighted by atomic mass is 10.1. The Morgan fingerprint density at radius 3 is 2.56 bits per heavy atom. The molecule has 0 aliphatic heterocycles. The van der Waals surface area contributed by atoms with E-state index in [-0.39, 0.29) is 16.7 Å². The van der Waals surface area contributed by atoms with Gasteiger partial charge in [-0.15, -0.1) is 0 Å². The minimum atomic E-state index is -0.902. The van der Waals surface area contributed by atoms with E-state index < -0.39 is 23.9 Å². The van der Waals surface area contributed by atoms with Gasteiger partial charge in [-0.2, -0.15) is 0 Å². The second-order valence-corrected chi connectivity index (χ2v) is 6.23. The van der Waals surface area contributed by atoms with Crippen LogP contribution >= 0.6 is 11.6 Å². The molecule has 0 aliphatic carbocycles. The monoisotopic (exact) mass is 385 g/mol. The van der Waals surface area contributed by atoms with Crippen molar-refractivity contribution in [3.63, 3.8) is 0 Å². The van der Waals surface area contributed by atoms with Crippen LogP contribution < -0.4 is 10.7 Å². The first kappa shape index (κ1) is 18.7. The lowest BCUT2D eigenvalue weighted by molar-refractivity contribution is -0.119. The normalized spacial score (nSPS) is 10.6. The molecule has 6 nitrogen and oxygen atoms in total. The number of amides is 1. The number of rotatable bonds is 5. The van der Waals surface area contributed by atoms with E-state index in [0.717, 1.165) is 18.1 Å². The maximum absolute atomic E-state index is 12.1. The maximum atomic E-state index is 12.1. The fraction of sp³-hybridized carbons (Fsp3) is 0.150. The molecule has 1 amide bonds. The zero-order chi connectivity index (χ0) is 19.4. The Kier molecular flexibility index (Phi) is 5.57. The lowest BCUT2D eigenvalue weighted by Crippen LogP contribution is -2.21. The van der Waals surface area contributed by atoms with Crippen LogP contribution in [0.25, 0.3) is 11.0 Å². The molecular weight excluding hydrogens is 370 g/mol. The predicted octanol–water partition coefficient (Wildman–Crippen LogP) is 3.80. The molecule has 0 radical (unpaired) electrons. The van der Waals surface area contributed by atoms with Crippen LogP contribution in [0.15, 0.2) is 57.7 Å². The van der Waals surface area contributed by atoms with Gasteiger partial charge in [0.15, 0.2) is 12.0 Å². The summed E-state index contributed by atoms with van der Waals surface area (Å²) in [5.74, 6) is -1.68. The van der Waals surface area contributed by atoms with Crippen LogP contribution in [0.1, 0.15) is 23.0 Å². The van der Waals surface area contributed by atoms with E-state index in [1.165, 1.54) is 12.1 Å². The molecule has 1 heterocycles. The highest BCUT2D eigenvalue weighted by atomic mass is 35.5. The van der Waals surface area contributed by atoms with Crippen LogP contribution in [0.5, 0.6) is 0 Å². The van der Waals surface area contributed by atoms with Gasteiger partial charge in [0.2, 0.25) is 5.76 Å². The van der Waals surface area contributed by atoms with Crippen molar-refractivity contribution < 1.29 is 18.7 Å². The van der Waals surface area contributed by atoms with Crippen LogP contribution in [0, 0.1) is 0 Å². The highest BCUT2D eigenvalue weighted by Gasteiger charge is 2.16. The molecule has 0 saturated carbocycles. The Morgan fingerprint density at radius 2 is 1.85 bits per heavy atom. The Morgan fingerprint density at radius 1 is 1.11 bits per heavy atom. The Bertz CT molecular complexity index is 1060. The highest BCUT2D eigenvalue weighted by molar-refractivity contribution is 6.31. The largest absolute Gasteiger partial charge is 0.450 e. The average Bonchev–Trinajstić information content (AvgIpc) is 2.67. The number of halogens is 1.